The third-order valence-electron chi connectivity index (χ3n) is 9.97. The monoisotopic (exact) mass is 637 g/mol. The summed E-state index contributed by atoms with van der Waals surface area (Å²) in [5, 5.41) is 4.97. The van der Waals surface area contributed by atoms with Crippen molar-refractivity contribution in [3.05, 3.63) is 188 Å². The van der Waals surface area contributed by atoms with Gasteiger partial charge in [0, 0.05) is 45.3 Å². The molecule has 0 aliphatic heterocycles. The number of aromatic nitrogens is 3. The molecule has 0 amide bonds. The molecule has 3 heterocycles. The van der Waals surface area contributed by atoms with Crippen LogP contribution in [0.4, 0.5) is 0 Å². The molecule has 0 saturated carbocycles. The van der Waals surface area contributed by atoms with Gasteiger partial charge in [0.15, 0.2) is 0 Å². The average molecular weight is 638 g/mol. The van der Waals surface area contributed by atoms with Crippen molar-refractivity contribution in [2.75, 3.05) is 0 Å². The number of hydrogen-bond acceptors (Lipinski definition) is 1. The van der Waals surface area contributed by atoms with Crippen LogP contribution in [-0.2, 0) is 0 Å². The van der Waals surface area contributed by atoms with Gasteiger partial charge in [-0.15, -0.1) is 0 Å². The van der Waals surface area contributed by atoms with Crippen LogP contribution in [0.1, 0.15) is 0 Å². The lowest BCUT2D eigenvalue weighted by molar-refractivity contribution is 1.16. The van der Waals surface area contributed by atoms with Crippen LogP contribution in [0.3, 0.4) is 0 Å². The molecule has 0 radical (unpaired) electrons. The van der Waals surface area contributed by atoms with Crippen LogP contribution in [0, 0.1) is 0 Å². The van der Waals surface area contributed by atoms with E-state index >= 15 is 0 Å². The Balaban J connectivity index is 1.29. The molecular formula is C47H31N3. The number of benzene rings is 7. The molecule has 0 aliphatic rings. The molecule has 0 N–H and O–H groups in total. The quantitative estimate of drug-likeness (QED) is 0.184. The topological polar surface area (TPSA) is 22.8 Å². The van der Waals surface area contributed by atoms with Crippen LogP contribution < -0.4 is 0 Å². The third-order valence-corrected chi connectivity index (χ3v) is 9.97. The number of nitrogens with zero attached hydrogens (tertiary/aromatic N) is 3. The number of fused-ring (bicyclic) bond motifs is 6. The van der Waals surface area contributed by atoms with Gasteiger partial charge in [-0.1, -0.05) is 109 Å². The Labute approximate surface area is 290 Å². The van der Waals surface area contributed by atoms with E-state index in [1.54, 1.807) is 0 Å². The molecule has 0 aliphatic carbocycles. The number of pyridine rings is 1. The largest absolute Gasteiger partial charge is 0.309 e. The van der Waals surface area contributed by atoms with Crippen LogP contribution in [0.15, 0.2) is 188 Å². The Morgan fingerprint density at radius 1 is 0.280 bits per heavy atom. The molecule has 0 saturated heterocycles. The molecule has 10 rings (SSSR count). The lowest BCUT2D eigenvalue weighted by Gasteiger charge is -2.14. The maximum absolute atomic E-state index is 4.30. The van der Waals surface area contributed by atoms with E-state index in [1.165, 1.54) is 65.9 Å². The molecule has 10 aromatic rings. The van der Waals surface area contributed by atoms with Gasteiger partial charge in [-0.05, 0) is 100 Å². The van der Waals surface area contributed by atoms with Crippen LogP contribution in [0.25, 0.3) is 88.4 Å². The number of hydrogen-bond donors (Lipinski definition) is 0. The van der Waals surface area contributed by atoms with Crippen LogP contribution in [-0.4, -0.2) is 14.1 Å². The van der Waals surface area contributed by atoms with Crippen molar-refractivity contribution in [1.82, 2.24) is 14.1 Å². The van der Waals surface area contributed by atoms with Crippen LogP contribution in [0.5, 0.6) is 0 Å². The maximum atomic E-state index is 4.30. The summed E-state index contributed by atoms with van der Waals surface area (Å²) in [5.74, 6) is 0. The Morgan fingerprint density at radius 2 is 0.760 bits per heavy atom. The smallest absolute Gasteiger partial charge is 0.0562 e. The maximum Gasteiger partial charge on any atom is 0.0562 e. The van der Waals surface area contributed by atoms with Gasteiger partial charge in [0.25, 0.3) is 0 Å². The minimum absolute atomic E-state index is 1.12. The SMILES string of the molecule is c1ccc(-c2cccc(-n3c4ccccc4c4cc5c6ccccc6n(-c6cc(-c7ccccc7)cc(-c7ccncc7)c6)c5cc43)c2)cc1. The minimum Gasteiger partial charge on any atom is -0.309 e. The van der Waals surface area contributed by atoms with Crippen molar-refractivity contribution in [1.29, 1.82) is 0 Å². The Kier molecular flexibility index (Phi) is 6.49. The predicted octanol–water partition coefficient (Wildman–Crippen LogP) is 12.3. The predicted molar refractivity (Wildman–Crippen MR) is 209 cm³/mol. The van der Waals surface area contributed by atoms with Crippen molar-refractivity contribution in [3.8, 4) is 44.8 Å². The molecule has 234 valence electrons. The average Bonchev–Trinajstić information content (AvgIpc) is 3.70. The van der Waals surface area contributed by atoms with Gasteiger partial charge in [0.05, 0.1) is 22.1 Å². The minimum atomic E-state index is 1.12. The zero-order valence-electron chi connectivity index (χ0n) is 27.2. The van der Waals surface area contributed by atoms with E-state index in [-0.39, 0.29) is 0 Å². The van der Waals surface area contributed by atoms with Crippen LogP contribution >= 0.6 is 0 Å². The van der Waals surface area contributed by atoms with Crippen molar-refractivity contribution < 1.29 is 0 Å². The molecule has 0 unspecified atom stereocenters. The first-order valence-electron chi connectivity index (χ1n) is 17.0. The van der Waals surface area contributed by atoms with Crippen molar-refractivity contribution in [2.45, 2.75) is 0 Å². The second kappa shape index (κ2) is 11.5. The summed E-state index contributed by atoms with van der Waals surface area (Å²) < 4.78 is 4.88. The van der Waals surface area contributed by atoms with Gasteiger partial charge in [0.1, 0.15) is 0 Å². The van der Waals surface area contributed by atoms with Gasteiger partial charge in [0.2, 0.25) is 0 Å². The highest BCUT2D eigenvalue weighted by Crippen LogP contribution is 2.41. The normalized spacial score (nSPS) is 11.6. The number of rotatable bonds is 5. The zero-order chi connectivity index (χ0) is 33.0. The Bertz CT molecular complexity index is 2790. The highest BCUT2D eigenvalue weighted by Gasteiger charge is 2.19. The summed E-state index contributed by atoms with van der Waals surface area (Å²) in [6.07, 6.45) is 3.74. The molecule has 3 heteroatoms. The van der Waals surface area contributed by atoms with Crippen molar-refractivity contribution in [3.63, 3.8) is 0 Å². The standard InChI is InChI=1S/C47H31N3/c1-3-12-32(13-4-1)35-16-11-17-38(27-35)49-44-20-9-7-18-40(44)42-30-43-41-19-8-10-21-45(41)50(47(43)31-46(42)49)39-28-36(33-14-5-2-6-15-33)26-37(29-39)34-22-24-48-25-23-34/h1-31H. The molecule has 50 heavy (non-hydrogen) atoms. The zero-order valence-corrected chi connectivity index (χ0v) is 27.2. The van der Waals surface area contributed by atoms with Gasteiger partial charge >= 0.3 is 0 Å². The lowest BCUT2D eigenvalue weighted by atomic mass is 9.98. The first-order valence-corrected chi connectivity index (χ1v) is 17.0. The highest BCUT2D eigenvalue weighted by atomic mass is 15.0. The van der Waals surface area contributed by atoms with Crippen molar-refractivity contribution >= 4 is 43.6 Å². The fraction of sp³-hybridized carbons (Fsp3) is 0. The van der Waals surface area contributed by atoms with Gasteiger partial charge in [-0.2, -0.15) is 0 Å². The second-order valence-corrected chi connectivity index (χ2v) is 12.9. The highest BCUT2D eigenvalue weighted by molar-refractivity contribution is 6.19. The van der Waals surface area contributed by atoms with Gasteiger partial charge in [-0.3, -0.25) is 4.98 Å². The summed E-state index contributed by atoms with van der Waals surface area (Å²) in [6, 6.07) is 63.7. The van der Waals surface area contributed by atoms with Gasteiger partial charge < -0.3 is 9.13 Å². The van der Waals surface area contributed by atoms with E-state index in [9.17, 15) is 0 Å². The second-order valence-electron chi connectivity index (χ2n) is 12.9. The molecule has 3 nitrogen and oxygen atoms in total. The molecule has 3 aromatic heterocycles. The molecule has 0 atom stereocenters. The molecular weight excluding hydrogens is 607 g/mol. The molecule has 0 fully saturated rings. The van der Waals surface area contributed by atoms with E-state index in [2.05, 4.69) is 190 Å². The first-order chi connectivity index (χ1) is 24.8. The summed E-state index contributed by atoms with van der Waals surface area (Å²) >= 11 is 0. The van der Waals surface area contributed by atoms with E-state index in [0.29, 0.717) is 0 Å². The van der Waals surface area contributed by atoms with E-state index < -0.39 is 0 Å². The summed E-state index contributed by atoms with van der Waals surface area (Å²) in [4.78, 5) is 4.30. The van der Waals surface area contributed by atoms with Crippen molar-refractivity contribution in [2.24, 2.45) is 0 Å². The van der Waals surface area contributed by atoms with E-state index in [0.717, 1.165) is 22.5 Å². The molecule has 7 aromatic carbocycles. The summed E-state index contributed by atoms with van der Waals surface area (Å²) in [5.41, 5.74) is 14.1. The Hall–Kier alpha value is -6.71. The lowest BCUT2D eigenvalue weighted by Crippen LogP contribution is -1.97. The summed E-state index contributed by atoms with van der Waals surface area (Å²) in [7, 11) is 0. The van der Waals surface area contributed by atoms with E-state index in [4.69, 9.17) is 0 Å². The third kappa shape index (κ3) is 4.56. The van der Waals surface area contributed by atoms with E-state index in [1.807, 2.05) is 12.4 Å². The van der Waals surface area contributed by atoms with Crippen LogP contribution in [0.2, 0.25) is 0 Å². The summed E-state index contributed by atoms with van der Waals surface area (Å²) in [6.45, 7) is 0. The first kappa shape index (κ1) is 28.3. The van der Waals surface area contributed by atoms with Gasteiger partial charge in [-0.25, -0.2) is 0 Å². The fourth-order valence-corrected chi connectivity index (χ4v) is 7.69. The number of para-hydroxylation sites is 2. The Morgan fingerprint density at radius 3 is 1.38 bits per heavy atom. The molecule has 0 bridgehead atoms. The fourth-order valence-electron chi connectivity index (χ4n) is 7.69. The molecule has 0 spiro atoms.